The smallest absolute Gasteiger partial charge is 0.281 e. The van der Waals surface area contributed by atoms with Gasteiger partial charge in [0.1, 0.15) is 11.5 Å². The van der Waals surface area contributed by atoms with E-state index in [2.05, 4.69) is 5.43 Å². The molecule has 2 rings (SSSR count). The number of urea groups is 1. The Labute approximate surface area is 157 Å². The SMILES string of the molecule is CN(NC(=O)NC(=O)c1ccc(F)c(Cl)c1)c1ccc(C#N)cc1[N+](=O)[O-]. The van der Waals surface area contributed by atoms with E-state index in [-0.39, 0.29) is 21.8 Å². The number of carbonyl (C=O) groups excluding carboxylic acids is 2. The molecule has 0 aliphatic heterocycles. The van der Waals surface area contributed by atoms with Crippen molar-refractivity contribution in [2.45, 2.75) is 0 Å². The Kier molecular flexibility index (Phi) is 5.89. The number of amides is 3. The second kappa shape index (κ2) is 8.11. The van der Waals surface area contributed by atoms with E-state index in [1.165, 1.54) is 19.2 Å². The predicted molar refractivity (Wildman–Crippen MR) is 93.6 cm³/mol. The first-order valence-electron chi connectivity index (χ1n) is 7.22. The molecule has 2 aromatic rings. The van der Waals surface area contributed by atoms with Crippen LogP contribution in [0, 0.1) is 27.3 Å². The standard InChI is InChI=1S/C16H11ClFN5O4/c1-22(13-5-2-9(8-19)6-14(13)23(26)27)21-16(25)20-15(24)10-3-4-12(18)11(17)7-10/h2-7H,1H3,(H2,20,21,24,25). The van der Waals surface area contributed by atoms with Gasteiger partial charge in [-0.15, -0.1) is 0 Å². The zero-order valence-electron chi connectivity index (χ0n) is 13.7. The number of hydrazine groups is 1. The molecule has 138 valence electrons. The van der Waals surface area contributed by atoms with E-state index in [9.17, 15) is 24.1 Å². The number of nitro groups is 1. The van der Waals surface area contributed by atoms with Gasteiger partial charge in [-0.2, -0.15) is 5.26 Å². The monoisotopic (exact) mass is 391 g/mol. The number of anilines is 1. The lowest BCUT2D eigenvalue weighted by atomic mass is 10.2. The normalized spacial score (nSPS) is 9.85. The molecule has 0 saturated carbocycles. The first-order valence-corrected chi connectivity index (χ1v) is 7.60. The fraction of sp³-hybridized carbons (Fsp3) is 0.0625. The third-order valence-corrected chi connectivity index (χ3v) is 3.63. The van der Waals surface area contributed by atoms with Gasteiger partial charge in [-0.1, -0.05) is 11.6 Å². The Bertz CT molecular complexity index is 976. The Morgan fingerprint density at radius 2 is 2.00 bits per heavy atom. The Balaban J connectivity index is 2.11. The number of benzene rings is 2. The van der Waals surface area contributed by atoms with Crippen molar-refractivity contribution in [3.05, 3.63) is 68.5 Å². The molecule has 2 N–H and O–H groups in total. The average molecular weight is 392 g/mol. The first-order chi connectivity index (χ1) is 12.7. The minimum atomic E-state index is -0.985. The summed E-state index contributed by atoms with van der Waals surface area (Å²) in [5, 5.41) is 22.7. The van der Waals surface area contributed by atoms with Crippen LogP contribution in [-0.4, -0.2) is 23.9 Å². The lowest BCUT2D eigenvalue weighted by Gasteiger charge is -2.20. The van der Waals surface area contributed by atoms with Crippen molar-refractivity contribution in [2.75, 3.05) is 12.1 Å². The fourth-order valence-electron chi connectivity index (χ4n) is 2.08. The molecular weight excluding hydrogens is 381 g/mol. The van der Waals surface area contributed by atoms with Crippen LogP contribution in [0.15, 0.2) is 36.4 Å². The second-order valence-electron chi connectivity index (χ2n) is 5.16. The zero-order chi connectivity index (χ0) is 20.1. The summed E-state index contributed by atoms with van der Waals surface area (Å²) in [4.78, 5) is 34.4. The lowest BCUT2D eigenvalue weighted by Crippen LogP contribution is -2.47. The van der Waals surface area contributed by atoms with E-state index >= 15 is 0 Å². The van der Waals surface area contributed by atoms with Gasteiger partial charge in [-0.05, 0) is 30.3 Å². The molecule has 0 fully saturated rings. The molecule has 27 heavy (non-hydrogen) atoms. The van der Waals surface area contributed by atoms with Gasteiger partial charge in [-0.3, -0.25) is 25.2 Å². The van der Waals surface area contributed by atoms with E-state index in [1.54, 1.807) is 6.07 Å². The molecular formula is C16H11ClFN5O4. The van der Waals surface area contributed by atoms with Crippen LogP contribution in [0.25, 0.3) is 0 Å². The van der Waals surface area contributed by atoms with Crippen molar-refractivity contribution in [1.82, 2.24) is 10.7 Å². The summed E-state index contributed by atoms with van der Waals surface area (Å²) in [5.74, 6) is -1.57. The van der Waals surface area contributed by atoms with Gasteiger partial charge in [0.2, 0.25) is 0 Å². The molecule has 11 heteroatoms. The minimum Gasteiger partial charge on any atom is -0.281 e. The molecule has 0 heterocycles. The number of nitrogens with zero attached hydrogens (tertiary/aromatic N) is 3. The van der Waals surface area contributed by atoms with Gasteiger partial charge in [0, 0.05) is 18.7 Å². The summed E-state index contributed by atoms with van der Waals surface area (Å²) >= 11 is 5.58. The van der Waals surface area contributed by atoms with Gasteiger partial charge < -0.3 is 0 Å². The number of hydrogen-bond donors (Lipinski definition) is 2. The maximum atomic E-state index is 13.1. The molecule has 2 aromatic carbocycles. The molecule has 0 unspecified atom stereocenters. The number of nitro benzene ring substituents is 1. The van der Waals surface area contributed by atoms with Gasteiger partial charge in [-0.25, -0.2) is 14.6 Å². The van der Waals surface area contributed by atoms with Crippen LogP contribution in [0.5, 0.6) is 0 Å². The van der Waals surface area contributed by atoms with Gasteiger partial charge in [0.25, 0.3) is 11.6 Å². The van der Waals surface area contributed by atoms with Crippen molar-refractivity contribution in [2.24, 2.45) is 0 Å². The average Bonchev–Trinajstić information content (AvgIpc) is 2.62. The van der Waals surface area contributed by atoms with Crippen molar-refractivity contribution < 1.29 is 18.9 Å². The Morgan fingerprint density at radius 1 is 1.30 bits per heavy atom. The predicted octanol–water partition coefficient (Wildman–Crippen LogP) is 2.75. The van der Waals surface area contributed by atoms with Crippen LogP contribution >= 0.6 is 11.6 Å². The number of halogens is 2. The van der Waals surface area contributed by atoms with Crippen LogP contribution in [0.3, 0.4) is 0 Å². The molecule has 9 nitrogen and oxygen atoms in total. The van der Waals surface area contributed by atoms with E-state index < -0.39 is 28.4 Å². The second-order valence-corrected chi connectivity index (χ2v) is 5.56. The summed E-state index contributed by atoms with van der Waals surface area (Å²) in [5.41, 5.74) is 1.83. The highest BCUT2D eigenvalue weighted by Gasteiger charge is 2.20. The lowest BCUT2D eigenvalue weighted by molar-refractivity contribution is -0.384. The van der Waals surface area contributed by atoms with Crippen LogP contribution in [0.4, 0.5) is 20.6 Å². The van der Waals surface area contributed by atoms with Crippen molar-refractivity contribution in [3.63, 3.8) is 0 Å². The minimum absolute atomic E-state index is 0.00794. The third-order valence-electron chi connectivity index (χ3n) is 3.34. The number of rotatable bonds is 4. The summed E-state index contributed by atoms with van der Waals surface area (Å²) in [6.45, 7) is 0. The third kappa shape index (κ3) is 4.68. The number of hydrogen-bond acceptors (Lipinski definition) is 6. The molecule has 3 amide bonds. The molecule has 0 aliphatic carbocycles. The highest BCUT2D eigenvalue weighted by atomic mass is 35.5. The number of nitriles is 1. The molecule has 0 atom stereocenters. The molecule has 0 bridgehead atoms. The van der Waals surface area contributed by atoms with Crippen LogP contribution < -0.4 is 15.8 Å². The summed E-state index contributed by atoms with van der Waals surface area (Å²) < 4.78 is 13.1. The highest BCUT2D eigenvalue weighted by Crippen LogP contribution is 2.27. The van der Waals surface area contributed by atoms with Crippen molar-refractivity contribution in [1.29, 1.82) is 5.26 Å². The molecule has 0 saturated heterocycles. The molecule has 0 spiro atoms. The topological polar surface area (TPSA) is 128 Å². The molecule has 0 aromatic heterocycles. The fourth-order valence-corrected chi connectivity index (χ4v) is 2.26. The Morgan fingerprint density at radius 3 is 2.59 bits per heavy atom. The summed E-state index contributed by atoms with van der Waals surface area (Å²) in [6.07, 6.45) is 0. The van der Waals surface area contributed by atoms with Gasteiger partial charge in [0.15, 0.2) is 0 Å². The quantitative estimate of drug-likeness (QED) is 0.609. The van der Waals surface area contributed by atoms with E-state index in [0.29, 0.717) is 0 Å². The Hall–Kier alpha value is -3.71. The van der Waals surface area contributed by atoms with E-state index in [1.807, 2.05) is 5.32 Å². The van der Waals surface area contributed by atoms with Gasteiger partial charge >= 0.3 is 6.03 Å². The van der Waals surface area contributed by atoms with Crippen molar-refractivity contribution in [3.8, 4) is 6.07 Å². The largest absolute Gasteiger partial charge is 0.340 e. The number of imide groups is 1. The number of nitrogens with one attached hydrogen (secondary N) is 2. The van der Waals surface area contributed by atoms with Crippen LogP contribution in [0.2, 0.25) is 5.02 Å². The summed E-state index contributed by atoms with van der Waals surface area (Å²) in [7, 11) is 1.31. The number of carbonyl (C=O) groups is 2. The summed E-state index contributed by atoms with van der Waals surface area (Å²) in [6, 6.07) is 7.62. The van der Waals surface area contributed by atoms with Crippen LogP contribution in [0.1, 0.15) is 15.9 Å². The maximum Gasteiger partial charge on any atom is 0.340 e. The van der Waals surface area contributed by atoms with E-state index in [4.69, 9.17) is 16.9 Å². The van der Waals surface area contributed by atoms with E-state index in [0.717, 1.165) is 29.3 Å². The molecule has 0 aliphatic rings. The highest BCUT2D eigenvalue weighted by molar-refractivity contribution is 6.31. The van der Waals surface area contributed by atoms with Crippen LogP contribution in [-0.2, 0) is 0 Å². The maximum absolute atomic E-state index is 13.1. The zero-order valence-corrected chi connectivity index (χ0v) is 14.5. The first kappa shape index (κ1) is 19.6. The molecule has 0 radical (unpaired) electrons. The van der Waals surface area contributed by atoms with Gasteiger partial charge in [0.05, 0.1) is 21.6 Å². The van der Waals surface area contributed by atoms with Crippen molar-refractivity contribution >= 4 is 34.9 Å².